The van der Waals surface area contributed by atoms with Gasteiger partial charge in [0.1, 0.15) is 10.3 Å². The summed E-state index contributed by atoms with van der Waals surface area (Å²) < 4.78 is 0. The van der Waals surface area contributed by atoms with Crippen LogP contribution in [0.15, 0.2) is 12.1 Å². The molecule has 0 spiro atoms. The minimum Gasteiger partial charge on any atom is -0.396 e. The van der Waals surface area contributed by atoms with Crippen LogP contribution in [0.2, 0.25) is 10.3 Å². The minimum atomic E-state index is -0.0932. The van der Waals surface area contributed by atoms with Gasteiger partial charge in [-0.05, 0) is 37.8 Å². The monoisotopic (exact) mass is 302 g/mol. The van der Waals surface area contributed by atoms with Crippen molar-refractivity contribution in [3.63, 3.8) is 0 Å². The highest BCUT2D eigenvalue weighted by Gasteiger charge is 2.29. The number of carbonyl (C=O) groups excluding carboxylic acids is 1. The van der Waals surface area contributed by atoms with Crippen molar-refractivity contribution in [2.45, 2.75) is 31.7 Å². The van der Waals surface area contributed by atoms with Gasteiger partial charge in [-0.15, -0.1) is 0 Å². The molecule has 1 heterocycles. The Morgan fingerprint density at radius 2 is 2.00 bits per heavy atom. The first-order valence-corrected chi connectivity index (χ1v) is 7.12. The van der Waals surface area contributed by atoms with Gasteiger partial charge in [0, 0.05) is 24.8 Å². The van der Waals surface area contributed by atoms with E-state index in [9.17, 15) is 4.79 Å². The van der Waals surface area contributed by atoms with Gasteiger partial charge in [0.25, 0.3) is 5.91 Å². The number of pyridine rings is 1. The van der Waals surface area contributed by atoms with E-state index in [0.717, 1.165) is 19.3 Å². The Morgan fingerprint density at radius 3 is 2.47 bits per heavy atom. The number of aliphatic hydroxyl groups excluding tert-OH is 1. The summed E-state index contributed by atoms with van der Waals surface area (Å²) in [7, 11) is 0. The lowest BCUT2D eigenvalue weighted by Gasteiger charge is -2.37. The van der Waals surface area contributed by atoms with Crippen molar-refractivity contribution >= 4 is 29.1 Å². The Bertz CT molecular complexity index is 444. The molecule has 0 saturated heterocycles. The van der Waals surface area contributed by atoms with Gasteiger partial charge in [-0.2, -0.15) is 0 Å². The van der Waals surface area contributed by atoms with E-state index in [-0.39, 0.29) is 28.9 Å². The van der Waals surface area contributed by atoms with E-state index in [2.05, 4.69) is 4.98 Å². The summed E-state index contributed by atoms with van der Waals surface area (Å²) >= 11 is 11.6. The first kappa shape index (κ1) is 14.6. The molecule has 2 rings (SSSR count). The van der Waals surface area contributed by atoms with Gasteiger partial charge >= 0.3 is 0 Å². The molecular weight excluding hydrogens is 287 g/mol. The fourth-order valence-electron chi connectivity index (χ4n) is 2.14. The van der Waals surface area contributed by atoms with Gasteiger partial charge in [0.2, 0.25) is 0 Å². The van der Waals surface area contributed by atoms with Crippen molar-refractivity contribution in [2.24, 2.45) is 0 Å². The molecule has 1 fully saturated rings. The number of carbonyl (C=O) groups is 1. The zero-order valence-corrected chi connectivity index (χ0v) is 12.0. The van der Waals surface area contributed by atoms with Crippen LogP contribution >= 0.6 is 23.2 Å². The predicted octanol–water partition coefficient (Wildman–Crippen LogP) is 2.77. The topological polar surface area (TPSA) is 53.4 Å². The summed E-state index contributed by atoms with van der Waals surface area (Å²) in [6.45, 7) is 0.631. The first-order chi connectivity index (χ1) is 9.11. The fraction of sp³-hybridized carbons (Fsp3) is 0.538. The van der Waals surface area contributed by atoms with E-state index in [0.29, 0.717) is 18.5 Å². The molecule has 1 aromatic rings. The Morgan fingerprint density at radius 1 is 1.37 bits per heavy atom. The summed E-state index contributed by atoms with van der Waals surface area (Å²) in [5, 5.41) is 9.37. The molecule has 1 aliphatic carbocycles. The number of halogens is 2. The van der Waals surface area contributed by atoms with E-state index in [1.54, 1.807) is 0 Å². The molecule has 1 amide bonds. The Kier molecular flexibility index (Phi) is 5.02. The van der Waals surface area contributed by atoms with Gasteiger partial charge in [-0.1, -0.05) is 23.2 Å². The third kappa shape index (κ3) is 3.59. The number of rotatable bonds is 5. The standard InChI is InChI=1S/C13H16Cl2N2O2/c14-11-7-9(8-12(15)16-11)13(19)17(5-2-6-18)10-3-1-4-10/h7-8,10,18H,1-6H2. The molecule has 6 heteroatoms. The smallest absolute Gasteiger partial charge is 0.254 e. The number of nitrogens with zero attached hydrogens (tertiary/aromatic N) is 2. The number of hydrogen-bond donors (Lipinski definition) is 1. The fourth-order valence-corrected chi connectivity index (χ4v) is 2.60. The number of amides is 1. The van der Waals surface area contributed by atoms with Crippen LogP contribution in [-0.4, -0.2) is 40.1 Å². The highest BCUT2D eigenvalue weighted by molar-refractivity contribution is 6.33. The molecular formula is C13H16Cl2N2O2. The Labute approximate surface area is 122 Å². The second kappa shape index (κ2) is 6.55. The molecule has 0 aliphatic heterocycles. The average Bonchev–Trinajstić information content (AvgIpc) is 2.29. The lowest BCUT2D eigenvalue weighted by Crippen LogP contribution is -2.45. The van der Waals surface area contributed by atoms with Crippen LogP contribution < -0.4 is 0 Å². The van der Waals surface area contributed by atoms with Crippen LogP contribution in [0.1, 0.15) is 36.0 Å². The third-order valence-electron chi connectivity index (χ3n) is 3.34. The average molecular weight is 303 g/mol. The number of aromatic nitrogens is 1. The van der Waals surface area contributed by atoms with Gasteiger partial charge < -0.3 is 10.0 Å². The summed E-state index contributed by atoms with van der Waals surface area (Å²) in [5.41, 5.74) is 0.454. The summed E-state index contributed by atoms with van der Waals surface area (Å²) in [4.78, 5) is 18.1. The molecule has 1 aromatic heterocycles. The summed E-state index contributed by atoms with van der Waals surface area (Å²) in [5.74, 6) is -0.0932. The van der Waals surface area contributed by atoms with Gasteiger partial charge in [-0.25, -0.2) is 4.98 Å². The highest BCUT2D eigenvalue weighted by Crippen LogP contribution is 2.27. The zero-order valence-electron chi connectivity index (χ0n) is 10.5. The molecule has 4 nitrogen and oxygen atoms in total. The quantitative estimate of drug-likeness (QED) is 0.851. The van der Waals surface area contributed by atoms with Crippen LogP contribution in [-0.2, 0) is 0 Å². The van der Waals surface area contributed by atoms with Crippen molar-refractivity contribution in [1.82, 2.24) is 9.88 Å². The lowest BCUT2D eigenvalue weighted by molar-refractivity contribution is 0.0562. The summed E-state index contributed by atoms with van der Waals surface area (Å²) in [6, 6.07) is 3.32. The van der Waals surface area contributed by atoms with E-state index < -0.39 is 0 Å². The van der Waals surface area contributed by atoms with Crippen molar-refractivity contribution in [3.05, 3.63) is 28.0 Å². The molecule has 1 saturated carbocycles. The first-order valence-electron chi connectivity index (χ1n) is 6.36. The summed E-state index contributed by atoms with van der Waals surface area (Å²) in [6.07, 6.45) is 3.76. The van der Waals surface area contributed by atoms with Crippen LogP contribution in [0, 0.1) is 0 Å². The number of aliphatic hydroxyl groups is 1. The molecule has 1 aliphatic rings. The molecule has 0 bridgehead atoms. The maximum absolute atomic E-state index is 12.5. The SMILES string of the molecule is O=C(c1cc(Cl)nc(Cl)c1)N(CCCO)C1CCC1. The van der Waals surface area contributed by atoms with Crippen LogP contribution in [0.25, 0.3) is 0 Å². The highest BCUT2D eigenvalue weighted by atomic mass is 35.5. The Balaban J connectivity index is 2.17. The Hall–Kier alpha value is -0.840. The third-order valence-corrected chi connectivity index (χ3v) is 3.73. The van der Waals surface area contributed by atoms with Crippen molar-refractivity contribution in [3.8, 4) is 0 Å². The maximum Gasteiger partial charge on any atom is 0.254 e. The van der Waals surface area contributed by atoms with Crippen molar-refractivity contribution in [1.29, 1.82) is 0 Å². The molecule has 0 atom stereocenters. The normalized spacial score (nSPS) is 15.1. The van der Waals surface area contributed by atoms with E-state index in [4.69, 9.17) is 28.3 Å². The van der Waals surface area contributed by atoms with E-state index >= 15 is 0 Å². The van der Waals surface area contributed by atoms with Crippen LogP contribution in [0.4, 0.5) is 0 Å². The predicted molar refractivity (Wildman–Crippen MR) is 74.6 cm³/mol. The van der Waals surface area contributed by atoms with Crippen LogP contribution in [0.3, 0.4) is 0 Å². The van der Waals surface area contributed by atoms with E-state index in [1.807, 2.05) is 4.90 Å². The molecule has 104 valence electrons. The molecule has 1 N–H and O–H groups in total. The zero-order chi connectivity index (χ0) is 13.8. The molecule has 0 radical (unpaired) electrons. The van der Waals surface area contributed by atoms with Gasteiger partial charge in [-0.3, -0.25) is 4.79 Å². The maximum atomic E-state index is 12.5. The largest absolute Gasteiger partial charge is 0.396 e. The van der Waals surface area contributed by atoms with E-state index in [1.165, 1.54) is 12.1 Å². The number of hydrogen-bond acceptors (Lipinski definition) is 3. The van der Waals surface area contributed by atoms with Gasteiger partial charge in [0.15, 0.2) is 0 Å². The minimum absolute atomic E-state index is 0.0777. The molecule has 0 unspecified atom stereocenters. The molecule has 0 aromatic carbocycles. The van der Waals surface area contributed by atoms with Crippen LogP contribution in [0.5, 0.6) is 0 Å². The second-order valence-corrected chi connectivity index (χ2v) is 5.44. The second-order valence-electron chi connectivity index (χ2n) is 4.66. The van der Waals surface area contributed by atoms with Crippen molar-refractivity contribution in [2.75, 3.05) is 13.2 Å². The lowest BCUT2D eigenvalue weighted by atomic mass is 9.91. The molecule has 19 heavy (non-hydrogen) atoms. The van der Waals surface area contributed by atoms with Crippen molar-refractivity contribution < 1.29 is 9.90 Å². The van der Waals surface area contributed by atoms with Gasteiger partial charge in [0.05, 0.1) is 0 Å².